The molecule has 0 aliphatic heterocycles. The lowest BCUT2D eigenvalue weighted by Gasteiger charge is -2.22. The molecule has 0 heterocycles. The number of nitrogens with zero attached hydrogens (tertiary/aromatic N) is 1. The first-order valence-electron chi connectivity index (χ1n) is 7.02. The summed E-state index contributed by atoms with van der Waals surface area (Å²) in [6.07, 6.45) is -0.0587. The normalized spacial score (nSPS) is 13.0. The van der Waals surface area contributed by atoms with Crippen LogP contribution in [0, 0.1) is 23.0 Å². The topological polar surface area (TPSA) is 50.1 Å². The van der Waals surface area contributed by atoms with Gasteiger partial charge in [0.2, 0.25) is 0 Å². The smallest absolute Gasteiger partial charge is 0.306 e. The van der Waals surface area contributed by atoms with Gasteiger partial charge in [0.1, 0.15) is 11.6 Å². The van der Waals surface area contributed by atoms with Crippen molar-refractivity contribution in [1.29, 1.82) is 5.26 Å². The third kappa shape index (κ3) is 4.13. The van der Waals surface area contributed by atoms with E-state index in [1.165, 1.54) is 7.11 Å². The van der Waals surface area contributed by atoms with Gasteiger partial charge in [-0.1, -0.05) is 30.3 Å². The second kappa shape index (κ2) is 7.50. The van der Waals surface area contributed by atoms with E-state index in [2.05, 4.69) is 10.8 Å². The maximum Gasteiger partial charge on any atom is 0.306 e. The summed E-state index contributed by atoms with van der Waals surface area (Å²) in [7, 11) is 1.26. The summed E-state index contributed by atoms with van der Waals surface area (Å²) in [6, 6.07) is 13.9. The van der Waals surface area contributed by atoms with Crippen LogP contribution in [0.4, 0.5) is 8.78 Å². The first kappa shape index (κ1) is 16.6. The lowest BCUT2D eigenvalue weighted by Crippen LogP contribution is -2.16. The van der Waals surface area contributed by atoms with Gasteiger partial charge in [-0.15, -0.1) is 0 Å². The summed E-state index contributed by atoms with van der Waals surface area (Å²) < 4.78 is 31.6. The van der Waals surface area contributed by atoms with Crippen molar-refractivity contribution < 1.29 is 18.3 Å². The van der Waals surface area contributed by atoms with Crippen LogP contribution < -0.4 is 0 Å². The minimum absolute atomic E-state index is 0.0587. The number of benzene rings is 2. The highest BCUT2D eigenvalue weighted by Crippen LogP contribution is 2.36. The average Bonchev–Trinajstić information content (AvgIpc) is 2.54. The van der Waals surface area contributed by atoms with Gasteiger partial charge in [-0.2, -0.15) is 5.26 Å². The van der Waals surface area contributed by atoms with Crippen LogP contribution in [-0.4, -0.2) is 13.1 Å². The van der Waals surface area contributed by atoms with Gasteiger partial charge in [-0.25, -0.2) is 8.78 Å². The highest BCUT2D eigenvalue weighted by atomic mass is 19.1. The van der Waals surface area contributed by atoms with Gasteiger partial charge in [0.15, 0.2) is 0 Å². The van der Waals surface area contributed by atoms with Crippen molar-refractivity contribution >= 4 is 5.97 Å². The van der Waals surface area contributed by atoms with E-state index in [-0.39, 0.29) is 12.0 Å². The first-order chi connectivity index (χ1) is 11.0. The van der Waals surface area contributed by atoms with E-state index in [1.54, 1.807) is 24.3 Å². The molecule has 0 N–H and O–H groups in total. The van der Waals surface area contributed by atoms with Gasteiger partial charge in [-0.05, 0) is 23.3 Å². The van der Waals surface area contributed by atoms with Gasteiger partial charge in [-0.3, -0.25) is 4.79 Å². The van der Waals surface area contributed by atoms with E-state index in [1.807, 2.05) is 6.07 Å². The monoisotopic (exact) mass is 315 g/mol. The van der Waals surface area contributed by atoms with E-state index in [0.717, 1.165) is 23.8 Å². The van der Waals surface area contributed by atoms with Crippen LogP contribution >= 0.6 is 0 Å². The number of methoxy groups -OCH3 is 1. The van der Waals surface area contributed by atoms with E-state index in [9.17, 15) is 18.8 Å². The summed E-state index contributed by atoms with van der Waals surface area (Å²) in [4.78, 5) is 11.7. The third-order valence-corrected chi connectivity index (χ3v) is 3.63. The standard InChI is InChI=1S/C18H15F2NO2/c1-23-18(22)10-16(12-5-3-2-4-6-12)17(11-21)13-7-14(19)9-15(20)8-13/h2-9,16-17H,10H2,1H3. The van der Waals surface area contributed by atoms with E-state index >= 15 is 0 Å². The Morgan fingerprint density at radius 3 is 2.26 bits per heavy atom. The fourth-order valence-corrected chi connectivity index (χ4v) is 2.54. The zero-order valence-electron chi connectivity index (χ0n) is 12.5. The second-order valence-corrected chi connectivity index (χ2v) is 5.11. The molecular weight excluding hydrogens is 300 g/mol. The molecule has 0 radical (unpaired) electrons. The average molecular weight is 315 g/mol. The third-order valence-electron chi connectivity index (χ3n) is 3.63. The van der Waals surface area contributed by atoms with Crippen LogP contribution in [0.3, 0.4) is 0 Å². The first-order valence-corrected chi connectivity index (χ1v) is 7.02. The molecule has 2 aromatic carbocycles. The fourth-order valence-electron chi connectivity index (χ4n) is 2.54. The number of halogens is 2. The molecule has 2 atom stereocenters. The molecule has 0 bridgehead atoms. The SMILES string of the molecule is COC(=O)CC(c1ccccc1)C(C#N)c1cc(F)cc(F)c1. The van der Waals surface area contributed by atoms with Crippen molar-refractivity contribution in [3.8, 4) is 6.07 Å². The molecule has 0 aromatic heterocycles. The molecule has 0 saturated heterocycles. The molecule has 0 aliphatic rings. The maximum absolute atomic E-state index is 13.5. The molecule has 0 amide bonds. The number of carbonyl (C=O) groups excluding carboxylic acids is 1. The molecule has 3 nitrogen and oxygen atoms in total. The van der Waals surface area contributed by atoms with Crippen molar-refractivity contribution in [2.24, 2.45) is 0 Å². The van der Waals surface area contributed by atoms with Crippen LogP contribution in [-0.2, 0) is 9.53 Å². The van der Waals surface area contributed by atoms with Gasteiger partial charge < -0.3 is 4.74 Å². The molecule has 2 unspecified atom stereocenters. The Morgan fingerprint density at radius 1 is 1.13 bits per heavy atom. The molecule has 23 heavy (non-hydrogen) atoms. The molecule has 2 rings (SSSR count). The number of carbonyl (C=O) groups is 1. The van der Waals surface area contributed by atoms with Gasteiger partial charge in [0.05, 0.1) is 25.5 Å². The number of ether oxygens (including phenoxy) is 1. The Balaban J connectivity index is 2.46. The summed E-state index contributed by atoms with van der Waals surface area (Å²) in [5.41, 5.74) is 0.928. The maximum atomic E-state index is 13.5. The predicted octanol–water partition coefficient (Wildman–Crippen LogP) is 3.92. The molecular formula is C18H15F2NO2. The van der Waals surface area contributed by atoms with Crippen molar-refractivity contribution in [2.75, 3.05) is 7.11 Å². The lowest BCUT2D eigenvalue weighted by molar-refractivity contribution is -0.141. The Hall–Kier alpha value is -2.74. The minimum atomic E-state index is -0.873. The molecule has 0 fully saturated rings. The number of hydrogen-bond acceptors (Lipinski definition) is 3. The number of rotatable bonds is 5. The Bertz CT molecular complexity index is 705. The fraction of sp³-hybridized carbons (Fsp3) is 0.222. The molecule has 0 saturated carbocycles. The van der Waals surface area contributed by atoms with Crippen molar-refractivity contribution in [2.45, 2.75) is 18.3 Å². The van der Waals surface area contributed by atoms with Crippen molar-refractivity contribution in [3.05, 3.63) is 71.3 Å². The predicted molar refractivity (Wildman–Crippen MR) is 80.5 cm³/mol. The Labute approximate surface area is 133 Å². The summed E-state index contributed by atoms with van der Waals surface area (Å²) in [5, 5.41) is 9.53. The Kier molecular flexibility index (Phi) is 5.42. The minimum Gasteiger partial charge on any atom is -0.469 e. The number of esters is 1. The van der Waals surface area contributed by atoms with Gasteiger partial charge in [0, 0.05) is 12.0 Å². The zero-order chi connectivity index (χ0) is 16.8. The number of hydrogen-bond donors (Lipinski definition) is 0. The van der Waals surface area contributed by atoms with Crippen LogP contribution in [0.25, 0.3) is 0 Å². The van der Waals surface area contributed by atoms with E-state index in [4.69, 9.17) is 0 Å². The van der Waals surface area contributed by atoms with Crippen molar-refractivity contribution in [1.82, 2.24) is 0 Å². The summed E-state index contributed by atoms with van der Waals surface area (Å²) in [6.45, 7) is 0. The van der Waals surface area contributed by atoms with Crippen LogP contribution in [0.2, 0.25) is 0 Å². The van der Waals surface area contributed by atoms with E-state index < -0.39 is 29.4 Å². The van der Waals surface area contributed by atoms with Crippen molar-refractivity contribution in [3.63, 3.8) is 0 Å². The lowest BCUT2D eigenvalue weighted by atomic mass is 9.80. The van der Waals surface area contributed by atoms with Gasteiger partial charge >= 0.3 is 5.97 Å². The second-order valence-electron chi connectivity index (χ2n) is 5.11. The highest BCUT2D eigenvalue weighted by Gasteiger charge is 2.28. The summed E-state index contributed by atoms with van der Waals surface area (Å²) >= 11 is 0. The summed E-state index contributed by atoms with van der Waals surface area (Å²) in [5.74, 6) is -3.44. The largest absolute Gasteiger partial charge is 0.469 e. The molecule has 0 aliphatic carbocycles. The van der Waals surface area contributed by atoms with Gasteiger partial charge in [0.25, 0.3) is 0 Å². The van der Waals surface area contributed by atoms with E-state index in [0.29, 0.717) is 0 Å². The Morgan fingerprint density at radius 2 is 1.74 bits per heavy atom. The van der Waals surface area contributed by atoms with Crippen LogP contribution in [0.5, 0.6) is 0 Å². The quantitative estimate of drug-likeness (QED) is 0.786. The van der Waals surface area contributed by atoms with Crippen LogP contribution in [0.15, 0.2) is 48.5 Å². The molecule has 118 valence electrons. The zero-order valence-corrected chi connectivity index (χ0v) is 12.5. The highest BCUT2D eigenvalue weighted by molar-refractivity contribution is 5.70. The number of nitriles is 1. The molecule has 5 heteroatoms. The molecule has 2 aromatic rings. The van der Waals surface area contributed by atoms with Crippen LogP contribution in [0.1, 0.15) is 29.4 Å². The molecule has 0 spiro atoms.